The molecule has 0 fully saturated rings. The molecular formula is C15H16O2S2. The Morgan fingerprint density at radius 3 is 2.37 bits per heavy atom. The minimum atomic E-state index is -1.28. The van der Waals surface area contributed by atoms with Crippen LogP contribution in [0.4, 0.5) is 0 Å². The molecule has 1 aromatic carbocycles. The Hall–Kier alpha value is -1.26. The van der Waals surface area contributed by atoms with Crippen molar-refractivity contribution in [2.75, 3.05) is 0 Å². The van der Waals surface area contributed by atoms with Gasteiger partial charge in [0, 0.05) is 10.8 Å². The molecule has 0 aliphatic carbocycles. The Morgan fingerprint density at radius 1 is 1.16 bits per heavy atom. The van der Waals surface area contributed by atoms with Gasteiger partial charge in [-0.1, -0.05) is 31.5 Å². The molecule has 0 amide bonds. The highest BCUT2D eigenvalue weighted by Crippen LogP contribution is 2.27. The van der Waals surface area contributed by atoms with Crippen molar-refractivity contribution in [3.05, 3.63) is 46.2 Å². The summed E-state index contributed by atoms with van der Waals surface area (Å²) in [6, 6.07) is 9.36. The van der Waals surface area contributed by atoms with Crippen LogP contribution in [0, 0.1) is 12.8 Å². The first-order chi connectivity index (χ1) is 9.00. The highest BCUT2D eigenvalue weighted by Gasteiger charge is 2.20. The first-order valence-corrected chi connectivity index (χ1v) is 8.14. The van der Waals surface area contributed by atoms with E-state index in [0.29, 0.717) is 9.77 Å². The van der Waals surface area contributed by atoms with Crippen molar-refractivity contribution in [2.24, 2.45) is 5.92 Å². The van der Waals surface area contributed by atoms with Crippen molar-refractivity contribution in [1.82, 2.24) is 0 Å². The maximum atomic E-state index is 12.5. The van der Waals surface area contributed by atoms with Crippen molar-refractivity contribution in [3.63, 3.8) is 0 Å². The summed E-state index contributed by atoms with van der Waals surface area (Å²) in [6.45, 7) is 5.71. The molecule has 1 unspecified atom stereocenters. The van der Waals surface area contributed by atoms with Gasteiger partial charge in [0.1, 0.15) is 0 Å². The number of carbonyl (C=O) groups is 1. The molecule has 2 rings (SSSR count). The van der Waals surface area contributed by atoms with Crippen LogP contribution in [0.2, 0.25) is 0 Å². The van der Waals surface area contributed by atoms with Crippen LogP contribution in [0.5, 0.6) is 0 Å². The van der Waals surface area contributed by atoms with Crippen molar-refractivity contribution in [2.45, 2.75) is 30.6 Å². The van der Waals surface area contributed by atoms with Gasteiger partial charge in [0.2, 0.25) is 0 Å². The van der Waals surface area contributed by atoms with E-state index >= 15 is 0 Å². The Balaban J connectivity index is 2.37. The summed E-state index contributed by atoms with van der Waals surface area (Å²) in [6.07, 6.45) is 0. The van der Waals surface area contributed by atoms with E-state index in [2.05, 4.69) is 0 Å². The zero-order chi connectivity index (χ0) is 14.0. The number of carbonyl (C=O) groups excluding carboxylic acids is 1. The topological polar surface area (TPSA) is 34.1 Å². The van der Waals surface area contributed by atoms with E-state index in [4.69, 9.17) is 0 Å². The molecule has 0 radical (unpaired) electrons. The van der Waals surface area contributed by atoms with Gasteiger partial charge in [-0.2, -0.15) is 0 Å². The van der Waals surface area contributed by atoms with Crippen LogP contribution in [-0.2, 0) is 10.8 Å². The van der Waals surface area contributed by atoms with Crippen molar-refractivity contribution in [3.8, 4) is 0 Å². The van der Waals surface area contributed by atoms with E-state index in [1.54, 1.807) is 6.07 Å². The Bertz CT molecular complexity index is 609. The molecule has 0 spiro atoms. The Labute approximate surface area is 119 Å². The van der Waals surface area contributed by atoms with E-state index < -0.39 is 10.8 Å². The number of ketones is 1. The number of hydrogen-bond donors (Lipinski definition) is 0. The van der Waals surface area contributed by atoms with Gasteiger partial charge in [-0.3, -0.25) is 4.79 Å². The summed E-state index contributed by atoms with van der Waals surface area (Å²) in [5, 5.41) is 1.83. The summed E-state index contributed by atoms with van der Waals surface area (Å²) in [4.78, 5) is 14.1. The van der Waals surface area contributed by atoms with Crippen molar-refractivity contribution in [1.29, 1.82) is 0 Å². The summed E-state index contributed by atoms with van der Waals surface area (Å²) in [7, 11) is -1.28. The quantitative estimate of drug-likeness (QED) is 0.796. The molecule has 0 aliphatic heterocycles. The van der Waals surface area contributed by atoms with Gasteiger partial charge in [-0.25, -0.2) is 4.21 Å². The number of thiophene rings is 1. The molecule has 1 atom stereocenters. The first kappa shape index (κ1) is 14.2. The maximum Gasteiger partial charge on any atom is 0.176 e. The van der Waals surface area contributed by atoms with E-state index in [1.807, 2.05) is 50.4 Å². The highest BCUT2D eigenvalue weighted by atomic mass is 32.2. The molecule has 0 aliphatic rings. The smallest absolute Gasteiger partial charge is 0.176 e. The predicted octanol–water partition coefficient (Wildman–Crippen LogP) is 4.06. The number of benzene rings is 1. The Morgan fingerprint density at radius 2 is 1.79 bits per heavy atom. The van der Waals surface area contributed by atoms with Gasteiger partial charge in [0.15, 0.2) is 5.78 Å². The van der Waals surface area contributed by atoms with Crippen LogP contribution in [-0.4, -0.2) is 9.99 Å². The molecule has 100 valence electrons. The van der Waals surface area contributed by atoms with Crippen LogP contribution >= 0.6 is 11.3 Å². The van der Waals surface area contributed by atoms with E-state index in [0.717, 1.165) is 10.5 Å². The summed E-state index contributed by atoms with van der Waals surface area (Å²) in [5.74, 6) is -0.0159. The monoisotopic (exact) mass is 292 g/mol. The van der Waals surface area contributed by atoms with E-state index in [-0.39, 0.29) is 11.7 Å². The lowest BCUT2D eigenvalue weighted by molar-refractivity contribution is 0.0940. The molecule has 2 nitrogen and oxygen atoms in total. The van der Waals surface area contributed by atoms with Gasteiger partial charge in [0.25, 0.3) is 0 Å². The zero-order valence-electron chi connectivity index (χ0n) is 11.2. The lowest BCUT2D eigenvalue weighted by Gasteiger charge is -2.06. The predicted molar refractivity (Wildman–Crippen MR) is 79.3 cm³/mol. The third-order valence-corrected chi connectivity index (χ3v) is 5.31. The normalized spacial score (nSPS) is 12.6. The largest absolute Gasteiger partial charge is 0.293 e. The van der Waals surface area contributed by atoms with Crippen molar-refractivity contribution < 1.29 is 9.00 Å². The zero-order valence-corrected chi connectivity index (χ0v) is 12.8. The average molecular weight is 292 g/mol. The molecule has 0 N–H and O–H groups in total. The highest BCUT2D eigenvalue weighted by molar-refractivity contribution is 7.85. The molecular weight excluding hydrogens is 276 g/mol. The summed E-state index contributed by atoms with van der Waals surface area (Å²) < 4.78 is 12.5. The van der Waals surface area contributed by atoms with Crippen LogP contribution in [0.25, 0.3) is 0 Å². The Kier molecular flexibility index (Phi) is 4.32. The molecule has 2 aromatic rings. The van der Waals surface area contributed by atoms with E-state index in [9.17, 15) is 9.00 Å². The first-order valence-electron chi connectivity index (χ1n) is 6.11. The molecule has 4 heteroatoms. The lowest BCUT2D eigenvalue weighted by Crippen LogP contribution is -2.08. The second-order valence-corrected chi connectivity index (χ2v) is 7.08. The second kappa shape index (κ2) is 5.80. The summed E-state index contributed by atoms with van der Waals surface area (Å²) in [5.41, 5.74) is 1.13. The minimum Gasteiger partial charge on any atom is -0.293 e. The van der Waals surface area contributed by atoms with Gasteiger partial charge >= 0.3 is 0 Å². The number of hydrogen-bond acceptors (Lipinski definition) is 3. The third-order valence-electron chi connectivity index (χ3n) is 2.81. The summed E-state index contributed by atoms with van der Waals surface area (Å²) >= 11 is 1.37. The van der Waals surface area contributed by atoms with E-state index in [1.165, 1.54) is 11.3 Å². The fraction of sp³-hybridized carbons (Fsp3) is 0.267. The van der Waals surface area contributed by atoms with Gasteiger partial charge in [-0.15, -0.1) is 11.3 Å². The maximum absolute atomic E-state index is 12.5. The second-order valence-electron chi connectivity index (χ2n) is 4.71. The number of aryl methyl sites for hydroxylation is 1. The van der Waals surface area contributed by atoms with Crippen LogP contribution in [0.15, 0.2) is 45.5 Å². The van der Waals surface area contributed by atoms with Gasteiger partial charge in [-0.05, 0) is 30.5 Å². The molecule has 0 saturated heterocycles. The van der Waals surface area contributed by atoms with Crippen LogP contribution in [0.3, 0.4) is 0 Å². The number of Topliss-reactive ketones (excluding diaryl/α,β-unsaturated/α-hetero) is 1. The minimum absolute atomic E-state index is 0.0606. The average Bonchev–Trinajstić information content (AvgIpc) is 2.86. The molecule has 0 saturated carbocycles. The third kappa shape index (κ3) is 3.01. The molecule has 19 heavy (non-hydrogen) atoms. The van der Waals surface area contributed by atoms with Crippen molar-refractivity contribution >= 4 is 27.9 Å². The van der Waals surface area contributed by atoms with Gasteiger partial charge in [0.05, 0.1) is 20.6 Å². The fourth-order valence-corrected chi connectivity index (χ4v) is 4.11. The van der Waals surface area contributed by atoms with Crippen LogP contribution < -0.4 is 0 Å². The standard InChI is InChI=1S/C15H16O2S2/c1-10(2)14(16)15-13(8-9-18-15)19(17)12-6-4-11(3)5-7-12/h4-10H,1-3H3. The molecule has 1 aromatic heterocycles. The molecule has 1 heterocycles. The van der Waals surface area contributed by atoms with Crippen LogP contribution in [0.1, 0.15) is 29.1 Å². The van der Waals surface area contributed by atoms with Gasteiger partial charge < -0.3 is 0 Å². The fourth-order valence-electron chi connectivity index (χ4n) is 1.67. The SMILES string of the molecule is Cc1ccc(S(=O)c2ccsc2C(=O)C(C)C)cc1. The molecule has 0 bridgehead atoms. The number of rotatable bonds is 4. The lowest BCUT2D eigenvalue weighted by atomic mass is 10.1.